The molecule has 0 N–H and O–H groups in total. The van der Waals surface area contributed by atoms with Crippen LogP contribution >= 0.6 is 11.3 Å². The first-order valence-electron chi connectivity index (χ1n) is 9.52. The van der Waals surface area contributed by atoms with Crippen LogP contribution in [-0.2, 0) is 10.0 Å². The molecular formula is C21H25N3O3S2. The van der Waals surface area contributed by atoms with Crippen molar-refractivity contribution >= 4 is 37.5 Å². The first kappa shape index (κ1) is 21.4. The number of hydrogen-bond donors (Lipinski definition) is 0. The Labute approximate surface area is 175 Å². The van der Waals surface area contributed by atoms with E-state index in [9.17, 15) is 13.2 Å². The maximum Gasteiger partial charge on any atom is 0.254 e. The number of sulfonamides is 1. The quantitative estimate of drug-likeness (QED) is 0.563. The second kappa shape index (κ2) is 8.61. The Morgan fingerprint density at radius 3 is 2.45 bits per heavy atom. The number of rotatable bonds is 7. The van der Waals surface area contributed by atoms with E-state index in [1.807, 2.05) is 31.2 Å². The number of thiazole rings is 1. The van der Waals surface area contributed by atoms with Gasteiger partial charge in [0.15, 0.2) is 0 Å². The summed E-state index contributed by atoms with van der Waals surface area (Å²) in [5, 5.41) is 0.842. The highest BCUT2D eigenvalue weighted by Gasteiger charge is 2.25. The molecule has 1 amide bonds. The molecule has 0 bridgehead atoms. The number of fused-ring (bicyclic) bond motifs is 1. The topological polar surface area (TPSA) is 70.6 Å². The van der Waals surface area contributed by atoms with E-state index in [1.54, 1.807) is 49.3 Å². The summed E-state index contributed by atoms with van der Waals surface area (Å²) < 4.78 is 28.0. The zero-order chi connectivity index (χ0) is 21.2. The molecule has 0 saturated heterocycles. The zero-order valence-electron chi connectivity index (χ0n) is 17.0. The molecule has 1 aromatic heterocycles. The minimum atomic E-state index is -3.62. The van der Waals surface area contributed by atoms with Gasteiger partial charge in [0, 0.05) is 25.7 Å². The van der Waals surface area contributed by atoms with Crippen LogP contribution in [0.4, 0.5) is 0 Å². The Balaban J connectivity index is 1.88. The minimum absolute atomic E-state index is 0.132. The van der Waals surface area contributed by atoms with E-state index in [0.29, 0.717) is 18.7 Å². The smallest absolute Gasteiger partial charge is 0.254 e. The summed E-state index contributed by atoms with van der Waals surface area (Å²) in [6.45, 7) is 6.27. The first-order valence-corrected chi connectivity index (χ1v) is 11.8. The van der Waals surface area contributed by atoms with Gasteiger partial charge in [-0.2, -0.15) is 4.31 Å². The van der Waals surface area contributed by atoms with Crippen molar-refractivity contribution in [3.05, 3.63) is 59.1 Å². The lowest BCUT2D eigenvalue weighted by atomic mass is 10.2. The number of para-hydroxylation sites is 1. The number of carbonyl (C=O) groups excluding carboxylic acids is 1. The van der Waals surface area contributed by atoms with Crippen molar-refractivity contribution < 1.29 is 13.2 Å². The average molecular weight is 432 g/mol. The van der Waals surface area contributed by atoms with Gasteiger partial charge >= 0.3 is 0 Å². The third kappa shape index (κ3) is 4.19. The van der Waals surface area contributed by atoms with Crippen molar-refractivity contribution in [2.75, 3.05) is 20.1 Å². The molecule has 1 atom stereocenters. The van der Waals surface area contributed by atoms with Gasteiger partial charge in [-0.15, -0.1) is 11.3 Å². The lowest BCUT2D eigenvalue weighted by molar-refractivity contribution is 0.0742. The van der Waals surface area contributed by atoms with Crippen LogP contribution in [0.5, 0.6) is 0 Å². The molecule has 154 valence electrons. The fourth-order valence-corrected chi connectivity index (χ4v) is 5.68. The maximum absolute atomic E-state index is 13.1. The summed E-state index contributed by atoms with van der Waals surface area (Å²) in [6, 6.07) is 13.9. The highest BCUT2D eigenvalue weighted by atomic mass is 32.2. The van der Waals surface area contributed by atoms with Gasteiger partial charge in [0.1, 0.15) is 5.01 Å². The molecule has 29 heavy (non-hydrogen) atoms. The molecule has 8 heteroatoms. The molecule has 0 saturated carbocycles. The monoisotopic (exact) mass is 431 g/mol. The summed E-state index contributed by atoms with van der Waals surface area (Å²) in [6.07, 6.45) is 0. The first-order chi connectivity index (χ1) is 13.8. The third-order valence-electron chi connectivity index (χ3n) is 4.99. The van der Waals surface area contributed by atoms with E-state index in [0.717, 1.165) is 15.2 Å². The number of aromatic nitrogens is 1. The zero-order valence-corrected chi connectivity index (χ0v) is 18.6. The predicted molar refractivity (Wildman–Crippen MR) is 117 cm³/mol. The molecular weight excluding hydrogens is 406 g/mol. The second-order valence-corrected chi connectivity index (χ2v) is 9.73. The molecule has 6 nitrogen and oxygen atoms in total. The van der Waals surface area contributed by atoms with Gasteiger partial charge in [0.25, 0.3) is 5.91 Å². The summed E-state index contributed by atoms with van der Waals surface area (Å²) in [5.41, 5.74) is 1.25. The molecule has 0 aliphatic rings. The molecule has 0 fully saturated rings. The summed E-state index contributed by atoms with van der Waals surface area (Å²) in [5.74, 6) is -0.242. The Morgan fingerprint density at radius 1 is 1.10 bits per heavy atom. The number of amides is 1. The Kier molecular flexibility index (Phi) is 6.36. The van der Waals surface area contributed by atoms with Crippen LogP contribution in [0.2, 0.25) is 0 Å². The van der Waals surface area contributed by atoms with Crippen LogP contribution in [0.15, 0.2) is 53.4 Å². The van der Waals surface area contributed by atoms with Crippen molar-refractivity contribution in [1.29, 1.82) is 0 Å². The number of carbonyl (C=O) groups is 1. The van der Waals surface area contributed by atoms with Crippen molar-refractivity contribution in [2.45, 2.75) is 31.7 Å². The predicted octanol–water partition coefficient (Wildman–Crippen LogP) is 4.16. The number of benzene rings is 2. The van der Waals surface area contributed by atoms with Crippen molar-refractivity contribution in [3.63, 3.8) is 0 Å². The molecule has 3 aromatic rings. The molecule has 1 unspecified atom stereocenters. The maximum atomic E-state index is 13.1. The molecule has 0 aliphatic carbocycles. The molecule has 2 aromatic carbocycles. The van der Waals surface area contributed by atoms with Crippen LogP contribution in [0.25, 0.3) is 10.2 Å². The van der Waals surface area contributed by atoms with Gasteiger partial charge in [-0.05, 0) is 37.3 Å². The standard InChI is InChI=1S/C21H25N3O3S2/c1-5-24(6-2)29(26,27)17-11-9-10-16(14-17)21(25)23(4)15(3)20-22-18-12-7-8-13-19(18)28-20/h7-15H,5-6H2,1-4H3. The molecule has 3 rings (SSSR count). The van der Waals surface area contributed by atoms with Gasteiger partial charge in [-0.1, -0.05) is 32.0 Å². The SMILES string of the molecule is CCN(CC)S(=O)(=O)c1cccc(C(=O)N(C)C(C)c2nc3ccccc3s2)c1. The van der Waals surface area contributed by atoms with E-state index < -0.39 is 10.0 Å². The highest BCUT2D eigenvalue weighted by Crippen LogP contribution is 2.29. The Morgan fingerprint density at radius 2 is 1.79 bits per heavy atom. The minimum Gasteiger partial charge on any atom is -0.333 e. The molecule has 0 spiro atoms. The van der Waals surface area contributed by atoms with E-state index >= 15 is 0 Å². The molecule has 0 radical (unpaired) electrons. The average Bonchev–Trinajstić information content (AvgIpc) is 3.17. The molecule has 1 heterocycles. The van der Waals surface area contributed by atoms with Crippen LogP contribution < -0.4 is 0 Å². The van der Waals surface area contributed by atoms with Crippen LogP contribution in [0, 0.1) is 0 Å². The van der Waals surface area contributed by atoms with E-state index in [4.69, 9.17) is 0 Å². The highest BCUT2D eigenvalue weighted by molar-refractivity contribution is 7.89. The van der Waals surface area contributed by atoms with E-state index in [1.165, 1.54) is 16.4 Å². The van der Waals surface area contributed by atoms with Crippen LogP contribution in [0.1, 0.15) is 42.2 Å². The van der Waals surface area contributed by atoms with Crippen molar-refractivity contribution in [3.8, 4) is 0 Å². The summed E-state index contributed by atoms with van der Waals surface area (Å²) in [7, 11) is -1.91. The Hall–Kier alpha value is -2.29. The van der Waals surface area contributed by atoms with Gasteiger partial charge in [0.05, 0.1) is 21.2 Å². The van der Waals surface area contributed by atoms with Gasteiger partial charge in [-0.25, -0.2) is 13.4 Å². The van der Waals surface area contributed by atoms with Crippen molar-refractivity contribution in [2.24, 2.45) is 0 Å². The lowest BCUT2D eigenvalue weighted by Gasteiger charge is -2.24. The van der Waals surface area contributed by atoms with E-state index in [2.05, 4.69) is 4.98 Å². The van der Waals surface area contributed by atoms with Gasteiger partial charge < -0.3 is 4.90 Å². The van der Waals surface area contributed by atoms with Crippen LogP contribution in [0.3, 0.4) is 0 Å². The number of nitrogens with zero attached hydrogens (tertiary/aromatic N) is 3. The van der Waals surface area contributed by atoms with Crippen LogP contribution in [-0.4, -0.2) is 48.7 Å². The normalized spacial score (nSPS) is 13.0. The summed E-state index contributed by atoms with van der Waals surface area (Å²) in [4.78, 5) is 19.4. The fourth-order valence-electron chi connectivity index (χ4n) is 3.12. The summed E-state index contributed by atoms with van der Waals surface area (Å²) >= 11 is 1.56. The van der Waals surface area contributed by atoms with Gasteiger partial charge in [0.2, 0.25) is 10.0 Å². The largest absolute Gasteiger partial charge is 0.333 e. The lowest BCUT2D eigenvalue weighted by Crippen LogP contribution is -2.32. The Bertz CT molecular complexity index is 1090. The third-order valence-corrected chi connectivity index (χ3v) is 8.25. The molecule has 0 aliphatic heterocycles. The fraction of sp³-hybridized carbons (Fsp3) is 0.333. The van der Waals surface area contributed by atoms with Gasteiger partial charge in [-0.3, -0.25) is 4.79 Å². The second-order valence-electron chi connectivity index (χ2n) is 6.73. The van der Waals surface area contributed by atoms with E-state index in [-0.39, 0.29) is 16.8 Å². The number of hydrogen-bond acceptors (Lipinski definition) is 5. The van der Waals surface area contributed by atoms with Crippen molar-refractivity contribution in [1.82, 2.24) is 14.2 Å².